The van der Waals surface area contributed by atoms with E-state index in [-0.39, 0.29) is 46.7 Å². The normalized spacial score (nSPS) is 12.5. The monoisotopic (exact) mass is 338 g/mol. The Kier molecular flexibility index (Phi) is 16.1. The average Bonchev–Trinajstić information content (AvgIpc) is 2.38. The van der Waals surface area contributed by atoms with Crippen LogP contribution >= 0.6 is 0 Å². The van der Waals surface area contributed by atoms with Crippen molar-refractivity contribution in [3.05, 3.63) is 0 Å². The van der Waals surface area contributed by atoms with Gasteiger partial charge in [0, 0.05) is 0 Å². The summed E-state index contributed by atoms with van der Waals surface area (Å²) in [7, 11) is 0. The second-order valence-corrected chi connectivity index (χ2v) is 8.03. The van der Waals surface area contributed by atoms with Crippen molar-refractivity contribution in [1.82, 2.24) is 0 Å². The molecule has 0 N–H and O–H groups in total. The van der Waals surface area contributed by atoms with Crippen molar-refractivity contribution in [3.63, 3.8) is 0 Å². The molecule has 0 aromatic carbocycles. The van der Waals surface area contributed by atoms with Crippen molar-refractivity contribution < 1.29 is 10.2 Å². The van der Waals surface area contributed by atoms with E-state index in [9.17, 15) is 10.2 Å². The Labute approximate surface area is 163 Å². The van der Waals surface area contributed by atoms with Gasteiger partial charge in [-0.15, -0.1) is 11.2 Å². The van der Waals surface area contributed by atoms with Gasteiger partial charge in [0.2, 0.25) is 0 Å². The first kappa shape index (κ1) is 28.5. The van der Waals surface area contributed by atoms with Crippen LogP contribution in [0, 0.1) is 23.7 Å². The summed E-state index contributed by atoms with van der Waals surface area (Å²) < 4.78 is 0. The fourth-order valence-electron chi connectivity index (χ4n) is 3.27. The van der Waals surface area contributed by atoms with Crippen molar-refractivity contribution in [3.8, 4) is 0 Å². The first-order valence-corrected chi connectivity index (χ1v) is 9.30. The molecule has 23 heavy (non-hydrogen) atoms. The van der Waals surface area contributed by atoms with E-state index in [1.165, 1.54) is 0 Å². The second-order valence-electron chi connectivity index (χ2n) is 8.03. The van der Waals surface area contributed by atoms with Gasteiger partial charge in [0.15, 0.2) is 0 Å². The van der Waals surface area contributed by atoms with Crippen LogP contribution in [0.25, 0.3) is 0 Å². The molecule has 0 aliphatic rings. The fraction of sp³-hybridized carbons (Fsp3) is 1.00. The first-order chi connectivity index (χ1) is 9.89. The Hall–Kier alpha value is 0.686. The van der Waals surface area contributed by atoms with Crippen molar-refractivity contribution in [2.75, 3.05) is 0 Å². The Morgan fingerprint density at radius 1 is 0.565 bits per heavy atom. The number of hydrogen-bond acceptors (Lipinski definition) is 2. The minimum Gasteiger partial charge on any atom is -0.849 e. The Bertz CT molecular complexity index is 229. The summed E-state index contributed by atoms with van der Waals surface area (Å²) in [6.07, 6.45) is 3.62. The quantitative estimate of drug-likeness (QED) is 0.628. The topological polar surface area (TPSA) is 46.1 Å². The molecule has 0 amide bonds. The van der Waals surface area contributed by atoms with Crippen molar-refractivity contribution >= 4 is 23.1 Å². The molecule has 0 spiro atoms. The molecule has 2 nitrogen and oxygen atoms in total. The van der Waals surface area contributed by atoms with Crippen molar-refractivity contribution in [2.45, 2.75) is 106 Å². The summed E-state index contributed by atoms with van der Waals surface area (Å²) >= 11 is 0. The van der Waals surface area contributed by atoms with Gasteiger partial charge >= 0.3 is 23.1 Å². The molecule has 0 unspecified atom stereocenters. The zero-order valence-electron chi connectivity index (χ0n) is 17.7. The molecule has 0 aliphatic heterocycles. The molecule has 0 saturated heterocycles. The van der Waals surface area contributed by atoms with Gasteiger partial charge in [-0.3, -0.25) is 0 Å². The van der Waals surface area contributed by atoms with Crippen LogP contribution in [0.15, 0.2) is 0 Å². The summed E-state index contributed by atoms with van der Waals surface area (Å²) in [5.74, 6) is 1.01. The molecule has 0 atom stereocenters. The largest absolute Gasteiger partial charge is 2.00 e. The molecule has 0 saturated carbocycles. The van der Waals surface area contributed by atoms with E-state index >= 15 is 0 Å². The van der Waals surface area contributed by atoms with Gasteiger partial charge in [-0.2, -0.15) is 0 Å². The van der Waals surface area contributed by atoms with Crippen LogP contribution in [-0.4, -0.2) is 34.3 Å². The van der Waals surface area contributed by atoms with Gasteiger partial charge in [-0.1, -0.05) is 119 Å². The maximum atomic E-state index is 12.1. The summed E-state index contributed by atoms with van der Waals surface area (Å²) in [6.45, 7) is 20.4. The molecule has 0 bridgehead atoms. The fourth-order valence-corrected chi connectivity index (χ4v) is 3.27. The number of rotatable bonds is 8. The predicted molar refractivity (Wildman–Crippen MR) is 100 cm³/mol. The van der Waals surface area contributed by atoms with Crippen LogP contribution < -0.4 is 10.2 Å². The van der Waals surface area contributed by atoms with Crippen molar-refractivity contribution in [2.24, 2.45) is 23.7 Å². The third-order valence-electron chi connectivity index (χ3n) is 5.19. The molecule has 0 rings (SSSR count). The molecule has 136 valence electrons. The van der Waals surface area contributed by atoms with E-state index < -0.39 is 11.2 Å². The van der Waals surface area contributed by atoms with E-state index in [0.29, 0.717) is 0 Å². The van der Waals surface area contributed by atoms with Gasteiger partial charge in [0.25, 0.3) is 0 Å². The zero-order valence-corrected chi connectivity index (χ0v) is 19.1. The van der Waals surface area contributed by atoms with Crippen LogP contribution in [0.3, 0.4) is 0 Å². The minimum absolute atomic E-state index is 0. The molecule has 0 fully saturated rings. The smallest absolute Gasteiger partial charge is 0.849 e. The molecule has 0 aliphatic carbocycles. The Morgan fingerprint density at radius 3 is 0.783 bits per heavy atom. The third-order valence-corrected chi connectivity index (χ3v) is 5.19. The number of hydrogen-bond donors (Lipinski definition) is 0. The second kappa shape index (κ2) is 13.0. The van der Waals surface area contributed by atoms with E-state index in [4.69, 9.17) is 0 Å². The molecule has 0 aromatic rings. The standard InChI is InChI=1S/2C10H21O.Mg/c2*1-6-7-10(11,8(2)3)9(4)5;/h2*8-9H,6-7H2,1-5H3;/q2*-1;+2. The molecule has 3 heteroatoms. The predicted octanol–water partition coefficient (Wildman–Crippen LogP) is 4.01. The zero-order chi connectivity index (χ0) is 18.1. The molecule has 0 radical (unpaired) electrons. The van der Waals surface area contributed by atoms with Crippen LogP contribution in [0.1, 0.15) is 94.9 Å². The maximum Gasteiger partial charge on any atom is 2.00 e. The van der Waals surface area contributed by atoms with Gasteiger partial charge in [0.1, 0.15) is 0 Å². The SMILES string of the molecule is CCCC([O-])(C(C)C)C(C)C.CCCC([O-])(C(C)C)C(C)C.[Mg+2]. The summed E-state index contributed by atoms with van der Waals surface area (Å²) in [5.41, 5.74) is -1.40. The Morgan fingerprint density at radius 2 is 0.739 bits per heavy atom. The Balaban J connectivity index is -0.000000333. The van der Waals surface area contributed by atoms with Gasteiger partial charge in [0.05, 0.1) is 0 Å². The van der Waals surface area contributed by atoms with E-state index in [2.05, 4.69) is 13.8 Å². The van der Waals surface area contributed by atoms with Gasteiger partial charge in [-0.25, -0.2) is 0 Å². The summed E-state index contributed by atoms with van der Waals surface area (Å²) in [6, 6.07) is 0. The third kappa shape index (κ3) is 9.09. The van der Waals surface area contributed by atoms with E-state index in [0.717, 1.165) is 25.7 Å². The van der Waals surface area contributed by atoms with Crippen LogP contribution in [-0.2, 0) is 0 Å². The molecule has 0 heterocycles. The maximum absolute atomic E-state index is 12.1. The van der Waals surface area contributed by atoms with Gasteiger partial charge < -0.3 is 10.2 Å². The minimum atomic E-state index is -0.700. The molecule has 0 aromatic heterocycles. The van der Waals surface area contributed by atoms with Crippen LogP contribution in [0.2, 0.25) is 0 Å². The van der Waals surface area contributed by atoms with Crippen LogP contribution in [0.4, 0.5) is 0 Å². The van der Waals surface area contributed by atoms with Crippen molar-refractivity contribution in [1.29, 1.82) is 0 Å². The van der Waals surface area contributed by atoms with E-state index in [1.54, 1.807) is 0 Å². The molecular formula is C20H42MgO2. The summed E-state index contributed by atoms with van der Waals surface area (Å²) in [4.78, 5) is 0. The summed E-state index contributed by atoms with van der Waals surface area (Å²) in [5, 5.41) is 24.2. The van der Waals surface area contributed by atoms with Crippen LogP contribution in [0.5, 0.6) is 0 Å². The first-order valence-electron chi connectivity index (χ1n) is 9.30. The van der Waals surface area contributed by atoms with E-state index in [1.807, 2.05) is 55.4 Å². The molecular weight excluding hydrogens is 297 g/mol. The average molecular weight is 339 g/mol. The van der Waals surface area contributed by atoms with Gasteiger partial charge in [-0.05, 0) is 0 Å².